The van der Waals surface area contributed by atoms with E-state index < -0.39 is 11.4 Å². The lowest BCUT2D eigenvalue weighted by Gasteiger charge is -2.20. The van der Waals surface area contributed by atoms with E-state index in [2.05, 4.69) is 10.3 Å². The molecule has 1 fully saturated rings. The Hall–Kier alpha value is -2.31. The number of aliphatic carboxylic acids is 1. The monoisotopic (exact) mass is 292 g/mol. The molecule has 1 aliphatic heterocycles. The number of hydrogen-bond acceptors (Lipinski definition) is 4. The first kappa shape index (κ1) is 15.1. The molecular weight excluding hydrogens is 272 g/mol. The molecule has 2 rings (SSSR count). The smallest absolute Gasteiger partial charge is 0.323 e. The predicted octanol–water partition coefficient (Wildman–Crippen LogP) is 1.48. The van der Waals surface area contributed by atoms with Crippen molar-refractivity contribution in [3.8, 4) is 0 Å². The molecule has 7 heteroatoms. The second-order valence-corrected chi connectivity index (χ2v) is 5.76. The lowest BCUT2D eigenvalue weighted by atomic mass is 9.90. The Balaban J connectivity index is 1.98. The van der Waals surface area contributed by atoms with E-state index in [1.165, 1.54) is 4.90 Å². The number of pyridine rings is 1. The predicted molar refractivity (Wildman–Crippen MR) is 79.5 cm³/mol. The number of nitrogens with one attached hydrogen (secondary N) is 1. The van der Waals surface area contributed by atoms with Gasteiger partial charge in [0.25, 0.3) is 0 Å². The van der Waals surface area contributed by atoms with Crippen LogP contribution in [0.25, 0.3) is 0 Å². The number of carboxylic acid groups (broad SMARTS) is 1. The van der Waals surface area contributed by atoms with Crippen LogP contribution in [0.5, 0.6) is 0 Å². The number of urea groups is 1. The Morgan fingerprint density at radius 1 is 1.43 bits per heavy atom. The molecule has 1 aliphatic rings. The maximum absolute atomic E-state index is 12.1. The van der Waals surface area contributed by atoms with E-state index in [1.807, 2.05) is 25.1 Å². The minimum Gasteiger partial charge on any atom is -0.481 e. The Morgan fingerprint density at radius 3 is 2.62 bits per heavy atom. The number of carbonyl (C=O) groups excluding carboxylic acids is 1. The summed E-state index contributed by atoms with van der Waals surface area (Å²) in [6.07, 6.45) is 2.13. The van der Waals surface area contributed by atoms with Crippen molar-refractivity contribution >= 4 is 23.5 Å². The highest BCUT2D eigenvalue weighted by atomic mass is 16.4. The third-order valence-corrected chi connectivity index (χ3v) is 3.78. The van der Waals surface area contributed by atoms with Crippen LogP contribution < -0.4 is 10.2 Å². The number of anilines is 2. The Bertz CT molecular complexity index is 544. The molecule has 21 heavy (non-hydrogen) atoms. The van der Waals surface area contributed by atoms with Gasteiger partial charge in [0, 0.05) is 27.2 Å². The molecule has 2 heterocycles. The molecule has 1 saturated heterocycles. The van der Waals surface area contributed by atoms with E-state index in [9.17, 15) is 9.59 Å². The number of hydrogen-bond donors (Lipinski definition) is 2. The maximum Gasteiger partial charge on any atom is 0.323 e. The zero-order valence-corrected chi connectivity index (χ0v) is 12.5. The summed E-state index contributed by atoms with van der Waals surface area (Å²) in [6.45, 7) is 2.31. The van der Waals surface area contributed by atoms with Crippen molar-refractivity contribution in [2.75, 3.05) is 37.4 Å². The van der Waals surface area contributed by atoms with E-state index in [-0.39, 0.29) is 12.6 Å². The number of carboxylic acids is 1. The average Bonchev–Trinajstić information content (AvgIpc) is 2.83. The van der Waals surface area contributed by atoms with Gasteiger partial charge in [-0.2, -0.15) is 0 Å². The van der Waals surface area contributed by atoms with Gasteiger partial charge in [0.2, 0.25) is 0 Å². The first-order chi connectivity index (χ1) is 9.82. The molecule has 0 aromatic carbocycles. The summed E-state index contributed by atoms with van der Waals surface area (Å²) in [5, 5.41) is 11.9. The molecule has 1 unspecified atom stereocenters. The Morgan fingerprint density at radius 2 is 2.14 bits per heavy atom. The van der Waals surface area contributed by atoms with Crippen LogP contribution in [0.2, 0.25) is 0 Å². The molecule has 1 aromatic rings. The van der Waals surface area contributed by atoms with Crippen molar-refractivity contribution in [1.29, 1.82) is 0 Å². The van der Waals surface area contributed by atoms with Gasteiger partial charge in [0.1, 0.15) is 5.82 Å². The fraction of sp³-hybridized carbons (Fsp3) is 0.500. The minimum absolute atomic E-state index is 0.212. The number of aromatic nitrogens is 1. The third kappa shape index (κ3) is 3.24. The highest BCUT2D eigenvalue weighted by Gasteiger charge is 2.42. The van der Waals surface area contributed by atoms with Crippen molar-refractivity contribution in [3.05, 3.63) is 18.3 Å². The molecule has 0 radical (unpaired) electrons. The topological polar surface area (TPSA) is 85.8 Å². The summed E-state index contributed by atoms with van der Waals surface area (Å²) < 4.78 is 0. The first-order valence-electron chi connectivity index (χ1n) is 6.74. The Kier molecular flexibility index (Phi) is 4.02. The lowest BCUT2D eigenvalue weighted by Crippen LogP contribution is -2.37. The lowest BCUT2D eigenvalue weighted by molar-refractivity contribution is -0.146. The van der Waals surface area contributed by atoms with Gasteiger partial charge in [-0.05, 0) is 25.5 Å². The van der Waals surface area contributed by atoms with E-state index in [0.717, 1.165) is 5.69 Å². The fourth-order valence-electron chi connectivity index (χ4n) is 2.22. The van der Waals surface area contributed by atoms with Crippen LogP contribution in [0, 0.1) is 5.41 Å². The van der Waals surface area contributed by atoms with E-state index in [0.29, 0.717) is 18.8 Å². The average molecular weight is 292 g/mol. The van der Waals surface area contributed by atoms with Crippen molar-refractivity contribution < 1.29 is 14.7 Å². The minimum atomic E-state index is -0.869. The van der Waals surface area contributed by atoms with Gasteiger partial charge in [-0.25, -0.2) is 9.78 Å². The van der Waals surface area contributed by atoms with Gasteiger partial charge in [-0.15, -0.1) is 0 Å². The molecule has 0 bridgehead atoms. The zero-order valence-electron chi connectivity index (χ0n) is 12.5. The highest BCUT2D eigenvalue weighted by Crippen LogP contribution is 2.30. The molecule has 114 valence electrons. The van der Waals surface area contributed by atoms with Gasteiger partial charge in [0.05, 0.1) is 17.3 Å². The van der Waals surface area contributed by atoms with Gasteiger partial charge in [-0.1, -0.05) is 0 Å². The summed E-state index contributed by atoms with van der Waals surface area (Å²) in [4.78, 5) is 30.9. The van der Waals surface area contributed by atoms with E-state index >= 15 is 0 Å². The fourth-order valence-corrected chi connectivity index (χ4v) is 2.22. The molecule has 1 atom stereocenters. The van der Waals surface area contributed by atoms with Crippen LogP contribution in [0.15, 0.2) is 18.3 Å². The van der Waals surface area contributed by atoms with Crippen LogP contribution in [-0.4, -0.2) is 54.2 Å². The summed E-state index contributed by atoms with van der Waals surface area (Å²) in [5.74, 6) is -0.416. The molecule has 2 N–H and O–H groups in total. The molecule has 0 spiro atoms. The summed E-state index contributed by atoms with van der Waals surface area (Å²) >= 11 is 0. The molecular formula is C14H20N4O3. The quantitative estimate of drug-likeness (QED) is 0.881. The first-order valence-corrected chi connectivity index (χ1v) is 6.74. The normalized spacial score (nSPS) is 21.2. The summed E-state index contributed by atoms with van der Waals surface area (Å²) in [5.41, 5.74) is 0.0761. The van der Waals surface area contributed by atoms with Crippen molar-refractivity contribution in [1.82, 2.24) is 9.88 Å². The van der Waals surface area contributed by atoms with Crippen LogP contribution in [0.1, 0.15) is 13.3 Å². The largest absolute Gasteiger partial charge is 0.481 e. The zero-order chi connectivity index (χ0) is 15.6. The molecule has 7 nitrogen and oxygen atoms in total. The van der Waals surface area contributed by atoms with E-state index in [4.69, 9.17) is 5.11 Å². The van der Waals surface area contributed by atoms with Crippen LogP contribution in [0.3, 0.4) is 0 Å². The second-order valence-electron chi connectivity index (χ2n) is 5.76. The van der Waals surface area contributed by atoms with Crippen LogP contribution in [0.4, 0.5) is 16.3 Å². The van der Waals surface area contributed by atoms with Gasteiger partial charge < -0.3 is 14.9 Å². The molecule has 2 amide bonds. The Labute approximate surface area is 123 Å². The van der Waals surface area contributed by atoms with Crippen LogP contribution >= 0.6 is 0 Å². The van der Waals surface area contributed by atoms with Crippen molar-refractivity contribution in [3.63, 3.8) is 0 Å². The van der Waals surface area contributed by atoms with Gasteiger partial charge >= 0.3 is 12.0 Å². The van der Waals surface area contributed by atoms with Crippen molar-refractivity contribution in [2.45, 2.75) is 13.3 Å². The summed E-state index contributed by atoms with van der Waals surface area (Å²) in [6, 6.07) is 3.26. The number of nitrogens with zero attached hydrogens (tertiary/aromatic N) is 3. The number of rotatable bonds is 3. The van der Waals surface area contributed by atoms with Gasteiger partial charge in [-0.3, -0.25) is 10.1 Å². The van der Waals surface area contributed by atoms with Crippen molar-refractivity contribution in [2.24, 2.45) is 5.41 Å². The number of likely N-dealkylation sites (tertiary alicyclic amines) is 1. The molecule has 0 saturated carbocycles. The van der Waals surface area contributed by atoms with E-state index in [1.54, 1.807) is 19.2 Å². The maximum atomic E-state index is 12.1. The molecule has 0 aliphatic carbocycles. The highest BCUT2D eigenvalue weighted by molar-refractivity contribution is 5.89. The SMILES string of the molecule is CN(C)c1ccc(NC(=O)N2CCC(C)(C(=O)O)C2)nc1. The van der Waals surface area contributed by atoms with Gasteiger partial charge in [0.15, 0.2) is 0 Å². The number of carbonyl (C=O) groups is 2. The summed E-state index contributed by atoms with van der Waals surface area (Å²) in [7, 11) is 3.82. The standard InChI is InChI=1S/C14H20N4O3/c1-14(12(19)20)6-7-18(9-14)13(21)16-11-5-4-10(8-15-11)17(2)3/h4-5,8H,6-7,9H2,1-3H3,(H,19,20)(H,15,16,21). The number of amides is 2. The molecule has 1 aromatic heterocycles. The van der Waals surface area contributed by atoms with Crippen LogP contribution in [-0.2, 0) is 4.79 Å². The second kappa shape index (κ2) is 5.59. The third-order valence-electron chi connectivity index (χ3n) is 3.78.